The van der Waals surface area contributed by atoms with Gasteiger partial charge in [-0.2, -0.15) is 4.98 Å². The van der Waals surface area contributed by atoms with Crippen LogP contribution in [-0.2, 0) is 16.1 Å². The van der Waals surface area contributed by atoms with Gasteiger partial charge in [-0.25, -0.2) is 9.78 Å². The number of hydrogen-bond acceptors (Lipinski definition) is 7. The van der Waals surface area contributed by atoms with E-state index in [9.17, 15) is 4.79 Å². The molecule has 32 heavy (non-hydrogen) atoms. The molecular formula is C24H23ClN2O4S. The molecule has 0 atom stereocenters. The Kier molecular flexibility index (Phi) is 8.14. The van der Waals surface area contributed by atoms with Crippen LogP contribution in [0.5, 0.6) is 17.4 Å². The lowest BCUT2D eigenvalue weighted by Crippen LogP contribution is -2.09. The molecule has 1 heterocycles. The van der Waals surface area contributed by atoms with E-state index in [1.807, 2.05) is 42.7 Å². The molecule has 0 saturated heterocycles. The second-order valence-electron chi connectivity index (χ2n) is 6.65. The number of halogens is 1. The summed E-state index contributed by atoms with van der Waals surface area (Å²) < 4.78 is 16.9. The van der Waals surface area contributed by atoms with Gasteiger partial charge in [0.05, 0.1) is 18.2 Å². The van der Waals surface area contributed by atoms with E-state index in [0.717, 1.165) is 5.56 Å². The lowest BCUT2D eigenvalue weighted by molar-refractivity contribution is -0.133. The van der Waals surface area contributed by atoms with E-state index >= 15 is 0 Å². The van der Waals surface area contributed by atoms with Crippen LogP contribution < -0.4 is 9.47 Å². The number of hydrogen-bond donors (Lipinski definition) is 0. The van der Waals surface area contributed by atoms with Gasteiger partial charge in [0.2, 0.25) is 5.88 Å². The highest BCUT2D eigenvalue weighted by Crippen LogP contribution is 2.36. The van der Waals surface area contributed by atoms with Gasteiger partial charge in [-0.3, -0.25) is 0 Å². The fraction of sp³-hybridized carbons (Fsp3) is 0.208. The van der Waals surface area contributed by atoms with Crippen molar-refractivity contribution >= 4 is 34.9 Å². The van der Waals surface area contributed by atoms with Gasteiger partial charge in [-0.15, -0.1) is 11.8 Å². The van der Waals surface area contributed by atoms with Crippen molar-refractivity contribution in [2.24, 2.45) is 0 Å². The lowest BCUT2D eigenvalue weighted by atomic mass is 10.1. The average molecular weight is 471 g/mol. The Morgan fingerprint density at radius 1 is 1.12 bits per heavy atom. The molecule has 0 aliphatic heterocycles. The van der Waals surface area contributed by atoms with Gasteiger partial charge in [0, 0.05) is 11.1 Å². The molecule has 3 rings (SSSR count). The predicted molar refractivity (Wildman–Crippen MR) is 127 cm³/mol. The number of methoxy groups -OCH3 is 1. The third-order valence-corrected chi connectivity index (χ3v) is 5.34. The SMILES string of the molecule is CC=C(C(=O)OC)c1c(Oc2cccc(OCc3cccc(Cl)c3)c2)nc(C)nc1SC. The van der Waals surface area contributed by atoms with Crippen LogP contribution in [-0.4, -0.2) is 29.3 Å². The first kappa shape index (κ1) is 23.6. The van der Waals surface area contributed by atoms with E-state index in [4.69, 9.17) is 25.8 Å². The fourth-order valence-corrected chi connectivity index (χ4v) is 3.82. The fourth-order valence-electron chi connectivity index (χ4n) is 2.98. The molecule has 0 N–H and O–H groups in total. The number of allylic oxidation sites excluding steroid dienone is 1. The van der Waals surface area contributed by atoms with Crippen LogP contribution in [0.15, 0.2) is 59.6 Å². The Hall–Kier alpha value is -3.03. The molecule has 0 bridgehead atoms. The third-order valence-electron chi connectivity index (χ3n) is 4.43. The maximum Gasteiger partial charge on any atom is 0.338 e. The van der Waals surface area contributed by atoms with Crippen molar-refractivity contribution in [2.45, 2.75) is 25.5 Å². The molecule has 0 amide bonds. The first-order valence-corrected chi connectivity index (χ1v) is 11.4. The van der Waals surface area contributed by atoms with Gasteiger partial charge >= 0.3 is 5.97 Å². The van der Waals surface area contributed by atoms with Crippen molar-refractivity contribution in [1.29, 1.82) is 0 Å². The molecule has 8 heteroatoms. The van der Waals surface area contributed by atoms with Gasteiger partial charge in [-0.05, 0) is 49.9 Å². The van der Waals surface area contributed by atoms with Crippen LogP contribution in [0.25, 0.3) is 5.57 Å². The van der Waals surface area contributed by atoms with Gasteiger partial charge in [0.25, 0.3) is 0 Å². The van der Waals surface area contributed by atoms with E-state index < -0.39 is 5.97 Å². The highest BCUT2D eigenvalue weighted by Gasteiger charge is 2.24. The molecule has 0 aliphatic carbocycles. The second-order valence-corrected chi connectivity index (χ2v) is 7.88. The zero-order valence-electron chi connectivity index (χ0n) is 18.2. The molecule has 2 aromatic carbocycles. The van der Waals surface area contributed by atoms with Crippen LogP contribution in [0.4, 0.5) is 0 Å². The minimum absolute atomic E-state index is 0.271. The number of aryl methyl sites for hydroxylation is 1. The summed E-state index contributed by atoms with van der Waals surface area (Å²) in [4.78, 5) is 21.3. The Balaban J connectivity index is 1.90. The van der Waals surface area contributed by atoms with Gasteiger partial charge < -0.3 is 14.2 Å². The standard InChI is InChI=1S/C24H23ClN2O4S/c1-5-20(24(28)29-3)21-22(26-15(2)27-23(21)32-4)31-19-11-7-10-18(13-19)30-14-16-8-6-9-17(25)12-16/h5-13H,14H2,1-4H3. The summed E-state index contributed by atoms with van der Waals surface area (Å²) in [6, 6.07) is 14.7. The van der Waals surface area contributed by atoms with E-state index in [1.165, 1.54) is 18.9 Å². The summed E-state index contributed by atoms with van der Waals surface area (Å²) in [7, 11) is 1.33. The van der Waals surface area contributed by atoms with Crippen molar-refractivity contribution in [3.63, 3.8) is 0 Å². The number of esters is 1. The second kappa shape index (κ2) is 11.0. The number of carbonyl (C=O) groups excluding carboxylic acids is 1. The monoisotopic (exact) mass is 470 g/mol. The Morgan fingerprint density at radius 2 is 1.88 bits per heavy atom. The molecule has 0 radical (unpaired) electrons. The molecule has 0 saturated carbocycles. The van der Waals surface area contributed by atoms with Crippen molar-refractivity contribution < 1.29 is 19.0 Å². The molecule has 1 aromatic heterocycles. The van der Waals surface area contributed by atoms with Crippen LogP contribution in [0.1, 0.15) is 23.9 Å². The number of nitrogens with zero attached hydrogens (tertiary/aromatic N) is 2. The summed E-state index contributed by atoms with van der Waals surface area (Å²) in [5, 5.41) is 1.28. The number of carbonyl (C=O) groups is 1. The first-order valence-electron chi connectivity index (χ1n) is 9.78. The first-order chi connectivity index (χ1) is 15.4. The summed E-state index contributed by atoms with van der Waals surface area (Å²) in [6.45, 7) is 3.89. The number of rotatable bonds is 8. The molecule has 166 valence electrons. The van der Waals surface area contributed by atoms with Crippen molar-refractivity contribution in [1.82, 2.24) is 9.97 Å². The van der Waals surface area contributed by atoms with E-state index in [-0.39, 0.29) is 5.88 Å². The van der Waals surface area contributed by atoms with Crippen molar-refractivity contribution in [2.75, 3.05) is 13.4 Å². The topological polar surface area (TPSA) is 70.5 Å². The van der Waals surface area contributed by atoms with E-state index in [2.05, 4.69) is 9.97 Å². The zero-order valence-corrected chi connectivity index (χ0v) is 19.8. The van der Waals surface area contributed by atoms with E-state index in [1.54, 1.807) is 32.1 Å². The third kappa shape index (κ3) is 5.81. The highest BCUT2D eigenvalue weighted by atomic mass is 35.5. The summed E-state index contributed by atoms with van der Waals surface area (Å²) in [5.74, 6) is 1.45. The van der Waals surface area contributed by atoms with Gasteiger partial charge in [0.15, 0.2) is 0 Å². The van der Waals surface area contributed by atoms with Gasteiger partial charge in [0.1, 0.15) is 29.0 Å². The van der Waals surface area contributed by atoms with Crippen LogP contribution in [0, 0.1) is 6.92 Å². The highest BCUT2D eigenvalue weighted by molar-refractivity contribution is 7.98. The van der Waals surface area contributed by atoms with E-state index in [0.29, 0.717) is 45.1 Å². The molecule has 3 aromatic rings. The largest absolute Gasteiger partial charge is 0.489 e. The Morgan fingerprint density at radius 3 is 2.56 bits per heavy atom. The van der Waals surface area contributed by atoms with Crippen LogP contribution in [0.3, 0.4) is 0 Å². The minimum atomic E-state index is -0.487. The van der Waals surface area contributed by atoms with Crippen molar-refractivity contribution in [3.8, 4) is 17.4 Å². The van der Waals surface area contributed by atoms with Crippen LogP contribution in [0.2, 0.25) is 5.02 Å². The predicted octanol–water partition coefficient (Wildman–Crippen LogP) is 6.11. The number of thioether (sulfide) groups is 1. The maximum atomic E-state index is 12.4. The molecule has 0 fully saturated rings. The summed E-state index contributed by atoms with van der Waals surface area (Å²) >= 11 is 7.44. The van der Waals surface area contributed by atoms with Gasteiger partial charge in [-0.1, -0.05) is 35.9 Å². The summed E-state index contributed by atoms with van der Waals surface area (Å²) in [5.41, 5.74) is 1.78. The Bertz CT molecular complexity index is 1150. The quantitative estimate of drug-likeness (QED) is 0.170. The Labute approximate surface area is 196 Å². The zero-order chi connectivity index (χ0) is 23.1. The molecular weight excluding hydrogens is 448 g/mol. The number of benzene rings is 2. The van der Waals surface area contributed by atoms with Crippen LogP contribution >= 0.6 is 23.4 Å². The molecule has 0 spiro atoms. The maximum absolute atomic E-state index is 12.4. The molecule has 0 unspecified atom stereocenters. The smallest absolute Gasteiger partial charge is 0.338 e. The molecule has 6 nitrogen and oxygen atoms in total. The molecule has 0 aliphatic rings. The lowest BCUT2D eigenvalue weighted by Gasteiger charge is -2.15. The number of ether oxygens (including phenoxy) is 3. The van der Waals surface area contributed by atoms with Crippen molar-refractivity contribution in [3.05, 3.63) is 76.6 Å². The number of aromatic nitrogens is 2. The average Bonchev–Trinajstić information content (AvgIpc) is 2.79. The summed E-state index contributed by atoms with van der Waals surface area (Å²) in [6.07, 6.45) is 3.54. The normalized spacial score (nSPS) is 11.2. The minimum Gasteiger partial charge on any atom is -0.489 e.